The third-order valence-corrected chi connectivity index (χ3v) is 4.31. The van der Waals surface area contributed by atoms with Crippen molar-refractivity contribution < 1.29 is 0 Å². The van der Waals surface area contributed by atoms with E-state index in [1.165, 1.54) is 10.7 Å². The topological polar surface area (TPSA) is 12.9 Å². The van der Waals surface area contributed by atoms with Gasteiger partial charge in [0.25, 0.3) is 0 Å². The fourth-order valence-electron chi connectivity index (χ4n) is 1.36. The molecule has 0 fully saturated rings. The molecule has 1 aromatic heterocycles. The van der Waals surface area contributed by atoms with Crippen LogP contribution in [0.5, 0.6) is 0 Å². The number of halogens is 1. The highest BCUT2D eigenvalue weighted by molar-refractivity contribution is 7.09. The predicted octanol–water partition coefficient (Wildman–Crippen LogP) is 4.64. The molecule has 1 nitrogen and oxygen atoms in total. The summed E-state index contributed by atoms with van der Waals surface area (Å²) < 4.78 is 0. The Morgan fingerprint density at radius 1 is 1.38 bits per heavy atom. The predicted molar refractivity (Wildman–Crippen MR) is 73.6 cm³/mol. The van der Waals surface area contributed by atoms with E-state index in [4.69, 9.17) is 11.6 Å². The number of aromatic nitrogens is 1. The molecule has 0 amide bonds. The number of rotatable bonds is 4. The zero-order valence-corrected chi connectivity index (χ0v) is 12.5. The van der Waals surface area contributed by atoms with Crippen LogP contribution in [0.2, 0.25) is 0 Å². The Morgan fingerprint density at radius 2 is 2.00 bits per heavy atom. The van der Waals surface area contributed by atoms with Gasteiger partial charge in [-0.25, -0.2) is 4.98 Å². The molecule has 0 saturated heterocycles. The lowest BCUT2D eigenvalue weighted by Gasteiger charge is -2.14. The second-order valence-electron chi connectivity index (χ2n) is 5.68. The van der Waals surface area contributed by atoms with Crippen LogP contribution in [0, 0.1) is 5.92 Å². The van der Waals surface area contributed by atoms with Gasteiger partial charge in [0.2, 0.25) is 0 Å². The van der Waals surface area contributed by atoms with Gasteiger partial charge in [0.05, 0.1) is 10.7 Å². The van der Waals surface area contributed by atoms with Crippen LogP contribution in [-0.4, -0.2) is 10.4 Å². The molecule has 0 aromatic carbocycles. The average molecular weight is 260 g/mol. The van der Waals surface area contributed by atoms with Crippen molar-refractivity contribution in [3.05, 3.63) is 16.1 Å². The maximum atomic E-state index is 6.24. The van der Waals surface area contributed by atoms with Crippen molar-refractivity contribution in [2.24, 2.45) is 5.92 Å². The first kappa shape index (κ1) is 14.0. The molecule has 0 bridgehead atoms. The lowest BCUT2D eigenvalue weighted by molar-refractivity contribution is 0.555. The zero-order valence-electron chi connectivity index (χ0n) is 10.9. The van der Waals surface area contributed by atoms with Gasteiger partial charge >= 0.3 is 0 Å². The van der Waals surface area contributed by atoms with Crippen molar-refractivity contribution >= 4 is 22.9 Å². The van der Waals surface area contributed by atoms with Crippen molar-refractivity contribution in [1.29, 1.82) is 0 Å². The van der Waals surface area contributed by atoms with Gasteiger partial charge < -0.3 is 0 Å². The highest BCUT2D eigenvalue weighted by Gasteiger charge is 2.18. The first-order chi connectivity index (χ1) is 7.30. The van der Waals surface area contributed by atoms with Crippen molar-refractivity contribution in [1.82, 2.24) is 4.98 Å². The summed E-state index contributed by atoms with van der Waals surface area (Å²) in [5.41, 5.74) is 1.36. The van der Waals surface area contributed by atoms with Gasteiger partial charge in [0.1, 0.15) is 0 Å². The van der Waals surface area contributed by atoms with Gasteiger partial charge in [-0.05, 0) is 12.3 Å². The molecular formula is C13H22ClNS. The minimum Gasteiger partial charge on any atom is -0.246 e. The van der Waals surface area contributed by atoms with E-state index < -0.39 is 0 Å². The van der Waals surface area contributed by atoms with Crippen molar-refractivity contribution in [2.75, 3.05) is 0 Å². The quantitative estimate of drug-likeness (QED) is 0.718. The molecule has 0 N–H and O–H groups in total. The Labute approximate surface area is 108 Å². The van der Waals surface area contributed by atoms with E-state index in [0.29, 0.717) is 5.92 Å². The summed E-state index contributed by atoms with van der Waals surface area (Å²) in [5, 5.41) is 3.66. The molecule has 0 aliphatic rings. The highest BCUT2D eigenvalue weighted by atomic mass is 35.5. The van der Waals surface area contributed by atoms with Crippen LogP contribution < -0.4 is 0 Å². The van der Waals surface area contributed by atoms with E-state index in [9.17, 15) is 0 Å². The van der Waals surface area contributed by atoms with Crippen LogP contribution in [0.25, 0.3) is 0 Å². The summed E-state index contributed by atoms with van der Waals surface area (Å²) in [4.78, 5) is 4.67. The fourth-order valence-corrected chi connectivity index (χ4v) is 2.51. The minimum absolute atomic E-state index is 0.160. The number of hydrogen-bond donors (Lipinski definition) is 0. The fraction of sp³-hybridized carbons (Fsp3) is 0.769. The number of nitrogens with zero attached hydrogens (tertiary/aromatic N) is 1. The van der Waals surface area contributed by atoms with Crippen LogP contribution in [-0.2, 0) is 11.8 Å². The molecule has 0 aliphatic carbocycles. The van der Waals surface area contributed by atoms with Crippen LogP contribution in [0.1, 0.15) is 51.7 Å². The number of alkyl halides is 1. The summed E-state index contributed by atoms with van der Waals surface area (Å²) in [6.07, 6.45) is 2.03. The number of hydrogen-bond acceptors (Lipinski definition) is 2. The lowest BCUT2D eigenvalue weighted by atomic mass is 9.93. The molecule has 1 unspecified atom stereocenters. The molecule has 1 atom stereocenters. The Balaban J connectivity index is 2.53. The molecule has 0 radical (unpaired) electrons. The van der Waals surface area contributed by atoms with Gasteiger partial charge in [-0.2, -0.15) is 0 Å². The molecule has 1 heterocycles. The van der Waals surface area contributed by atoms with Gasteiger partial charge in [-0.1, -0.05) is 34.6 Å². The minimum atomic E-state index is 0.160. The van der Waals surface area contributed by atoms with Gasteiger partial charge in [0, 0.05) is 22.6 Å². The highest BCUT2D eigenvalue weighted by Crippen LogP contribution is 2.25. The molecule has 92 valence electrons. The monoisotopic (exact) mass is 259 g/mol. The Morgan fingerprint density at radius 3 is 2.44 bits per heavy atom. The van der Waals surface area contributed by atoms with Crippen molar-refractivity contribution in [3.63, 3.8) is 0 Å². The smallest absolute Gasteiger partial charge is 0.0929 e. The molecule has 3 heteroatoms. The van der Waals surface area contributed by atoms with E-state index in [-0.39, 0.29) is 10.8 Å². The van der Waals surface area contributed by atoms with E-state index in [0.717, 1.165) is 12.8 Å². The Bertz CT molecular complexity index is 325. The Kier molecular flexibility index (Phi) is 4.81. The molecule has 0 spiro atoms. The molecular weight excluding hydrogens is 238 g/mol. The van der Waals surface area contributed by atoms with Crippen LogP contribution in [0.15, 0.2) is 5.38 Å². The summed E-state index contributed by atoms with van der Waals surface area (Å²) in [6, 6.07) is 0. The maximum Gasteiger partial charge on any atom is 0.0929 e. The zero-order chi connectivity index (χ0) is 12.3. The molecule has 1 rings (SSSR count). The van der Waals surface area contributed by atoms with Crippen LogP contribution in [0.3, 0.4) is 0 Å². The van der Waals surface area contributed by atoms with Gasteiger partial charge in [-0.15, -0.1) is 22.9 Å². The third-order valence-electron chi connectivity index (χ3n) is 2.68. The third kappa shape index (κ3) is 4.06. The first-order valence-corrected chi connectivity index (χ1v) is 7.21. The van der Waals surface area contributed by atoms with E-state index in [1.807, 2.05) is 0 Å². The molecule has 0 aliphatic heterocycles. The van der Waals surface area contributed by atoms with Gasteiger partial charge in [-0.3, -0.25) is 0 Å². The second kappa shape index (κ2) is 5.50. The maximum absolute atomic E-state index is 6.24. The number of aryl methyl sites for hydroxylation is 1. The second-order valence-corrected chi connectivity index (χ2v) is 7.18. The van der Waals surface area contributed by atoms with Crippen molar-refractivity contribution in [3.8, 4) is 0 Å². The van der Waals surface area contributed by atoms with E-state index >= 15 is 0 Å². The van der Waals surface area contributed by atoms with Crippen molar-refractivity contribution in [2.45, 2.75) is 58.3 Å². The first-order valence-electron chi connectivity index (χ1n) is 5.89. The normalized spacial score (nSPS) is 14.4. The van der Waals surface area contributed by atoms with Crippen LogP contribution >= 0.6 is 22.9 Å². The van der Waals surface area contributed by atoms with Crippen LogP contribution in [0.4, 0.5) is 0 Å². The number of thiazole rings is 1. The molecule has 16 heavy (non-hydrogen) atoms. The summed E-state index contributed by atoms with van der Waals surface area (Å²) in [7, 11) is 0. The van der Waals surface area contributed by atoms with E-state index in [2.05, 4.69) is 45.0 Å². The summed E-state index contributed by atoms with van der Waals surface area (Å²) in [5.74, 6) is 0.545. The SMILES string of the molecule is CC(C)C(Cl)CCc1nc(C(C)(C)C)cs1. The summed E-state index contributed by atoms with van der Waals surface area (Å²) in [6.45, 7) is 10.9. The van der Waals surface area contributed by atoms with Gasteiger partial charge in [0.15, 0.2) is 0 Å². The standard InChI is InChI=1S/C13H22ClNS/c1-9(2)10(14)6-7-12-15-11(8-16-12)13(3,4)5/h8-10H,6-7H2,1-5H3. The molecule has 1 aromatic rings. The molecule has 0 saturated carbocycles. The lowest BCUT2D eigenvalue weighted by Crippen LogP contribution is -2.12. The average Bonchev–Trinajstić information content (AvgIpc) is 2.61. The van der Waals surface area contributed by atoms with E-state index in [1.54, 1.807) is 11.3 Å². The summed E-state index contributed by atoms with van der Waals surface area (Å²) >= 11 is 8.00. The Hall–Kier alpha value is -0.0800. The largest absolute Gasteiger partial charge is 0.246 e.